The van der Waals surface area contributed by atoms with E-state index in [2.05, 4.69) is 10.4 Å². The van der Waals surface area contributed by atoms with Crippen LogP contribution >= 0.6 is 0 Å². The van der Waals surface area contributed by atoms with Crippen molar-refractivity contribution in [2.45, 2.75) is 20.8 Å². The number of nitro benzene ring substituents is 1. The van der Waals surface area contributed by atoms with Gasteiger partial charge in [-0.3, -0.25) is 14.9 Å². The fraction of sp³-hybridized carbons (Fsp3) is 0.158. The van der Waals surface area contributed by atoms with Crippen molar-refractivity contribution in [3.05, 3.63) is 81.2 Å². The van der Waals surface area contributed by atoms with Gasteiger partial charge in [0.05, 0.1) is 22.0 Å². The van der Waals surface area contributed by atoms with Crippen LogP contribution in [0.3, 0.4) is 0 Å². The van der Waals surface area contributed by atoms with Gasteiger partial charge in [-0.05, 0) is 51.1 Å². The fourth-order valence-corrected chi connectivity index (χ4v) is 2.83. The molecule has 0 unspecified atom stereocenters. The zero-order chi connectivity index (χ0) is 18.8. The Morgan fingerprint density at radius 1 is 1.12 bits per heavy atom. The molecule has 0 saturated heterocycles. The van der Waals surface area contributed by atoms with Crippen LogP contribution in [0, 0.1) is 30.9 Å². The zero-order valence-corrected chi connectivity index (χ0v) is 14.7. The average Bonchev–Trinajstić information content (AvgIpc) is 2.93. The van der Waals surface area contributed by atoms with Crippen LogP contribution in [0.2, 0.25) is 0 Å². The summed E-state index contributed by atoms with van der Waals surface area (Å²) in [5, 5.41) is 18.2. The number of benzene rings is 2. The van der Waals surface area contributed by atoms with Crippen molar-refractivity contribution in [2.75, 3.05) is 5.32 Å². The molecular weight excluding hydrogens is 332 g/mol. The number of aromatic nitrogens is 2. The van der Waals surface area contributed by atoms with E-state index in [4.69, 9.17) is 0 Å². The first-order valence-electron chi connectivity index (χ1n) is 8.06. The summed E-state index contributed by atoms with van der Waals surface area (Å²) in [6, 6.07) is 13.6. The van der Waals surface area contributed by atoms with Crippen LogP contribution in [0.4, 0.5) is 11.4 Å². The third kappa shape index (κ3) is 3.32. The Labute approximate surface area is 150 Å². The van der Waals surface area contributed by atoms with Gasteiger partial charge in [0.2, 0.25) is 0 Å². The van der Waals surface area contributed by atoms with E-state index in [-0.39, 0.29) is 11.6 Å². The Balaban J connectivity index is 1.92. The minimum Gasteiger partial charge on any atom is -0.320 e. The van der Waals surface area contributed by atoms with Gasteiger partial charge < -0.3 is 5.32 Å². The number of rotatable bonds is 4. The van der Waals surface area contributed by atoms with E-state index >= 15 is 0 Å². The lowest BCUT2D eigenvalue weighted by Crippen LogP contribution is -2.15. The first kappa shape index (κ1) is 17.3. The van der Waals surface area contributed by atoms with Gasteiger partial charge in [0, 0.05) is 22.9 Å². The first-order chi connectivity index (χ1) is 12.4. The summed E-state index contributed by atoms with van der Waals surface area (Å²) in [5.41, 5.74) is 3.99. The highest BCUT2D eigenvalue weighted by molar-refractivity contribution is 6.05. The van der Waals surface area contributed by atoms with Gasteiger partial charge in [0.1, 0.15) is 0 Å². The number of nitrogens with one attached hydrogen (secondary N) is 1. The van der Waals surface area contributed by atoms with Crippen LogP contribution < -0.4 is 5.32 Å². The monoisotopic (exact) mass is 350 g/mol. The normalized spacial score (nSPS) is 10.6. The number of carbonyl (C=O) groups excluding carboxylic acids is 1. The molecule has 1 heterocycles. The Morgan fingerprint density at radius 3 is 2.46 bits per heavy atom. The molecule has 0 aliphatic carbocycles. The molecule has 0 aliphatic rings. The van der Waals surface area contributed by atoms with Crippen LogP contribution in [0.15, 0.2) is 48.5 Å². The number of nitro groups is 1. The molecule has 0 aliphatic heterocycles. The number of anilines is 1. The van der Waals surface area contributed by atoms with Crippen LogP contribution in [-0.4, -0.2) is 20.6 Å². The van der Waals surface area contributed by atoms with Crippen molar-refractivity contribution in [3.8, 4) is 5.69 Å². The quantitative estimate of drug-likeness (QED) is 0.570. The van der Waals surface area contributed by atoms with Crippen molar-refractivity contribution < 1.29 is 9.72 Å². The van der Waals surface area contributed by atoms with E-state index < -0.39 is 4.92 Å². The molecule has 26 heavy (non-hydrogen) atoms. The molecule has 3 rings (SSSR count). The summed E-state index contributed by atoms with van der Waals surface area (Å²) < 4.78 is 1.77. The predicted molar refractivity (Wildman–Crippen MR) is 98.8 cm³/mol. The highest BCUT2D eigenvalue weighted by Crippen LogP contribution is 2.23. The van der Waals surface area contributed by atoms with E-state index in [0.717, 1.165) is 17.1 Å². The van der Waals surface area contributed by atoms with E-state index in [1.807, 2.05) is 38.1 Å². The van der Waals surface area contributed by atoms with E-state index in [1.54, 1.807) is 17.7 Å². The van der Waals surface area contributed by atoms with Crippen molar-refractivity contribution in [1.82, 2.24) is 9.78 Å². The van der Waals surface area contributed by atoms with E-state index in [0.29, 0.717) is 16.8 Å². The second kappa shape index (κ2) is 6.79. The molecule has 7 nitrogen and oxygen atoms in total. The lowest BCUT2D eigenvalue weighted by atomic mass is 10.1. The van der Waals surface area contributed by atoms with Crippen LogP contribution in [0.1, 0.15) is 27.3 Å². The van der Waals surface area contributed by atoms with Crippen molar-refractivity contribution >= 4 is 17.3 Å². The summed E-state index contributed by atoms with van der Waals surface area (Å²) in [6.45, 7) is 5.46. The zero-order valence-electron chi connectivity index (χ0n) is 14.7. The number of carbonyl (C=O) groups is 1. The summed E-state index contributed by atoms with van der Waals surface area (Å²) in [4.78, 5) is 23.1. The number of aryl methyl sites for hydroxylation is 3. The van der Waals surface area contributed by atoms with Gasteiger partial charge in [-0.2, -0.15) is 5.10 Å². The number of para-hydroxylation sites is 2. The topological polar surface area (TPSA) is 90.1 Å². The summed E-state index contributed by atoms with van der Waals surface area (Å²) in [5.74, 6) is -0.336. The molecule has 3 aromatic rings. The average molecular weight is 350 g/mol. The summed E-state index contributed by atoms with van der Waals surface area (Å²) in [7, 11) is 0. The highest BCUT2D eigenvalue weighted by atomic mass is 16.6. The molecule has 1 aromatic heterocycles. The summed E-state index contributed by atoms with van der Waals surface area (Å²) in [6.07, 6.45) is 0. The van der Waals surface area contributed by atoms with Crippen molar-refractivity contribution in [2.24, 2.45) is 0 Å². The maximum Gasteiger partial charge on any atom is 0.272 e. The number of hydrogen-bond donors (Lipinski definition) is 1. The lowest BCUT2D eigenvalue weighted by molar-refractivity contribution is -0.385. The maximum absolute atomic E-state index is 12.6. The third-order valence-electron chi connectivity index (χ3n) is 4.05. The minimum atomic E-state index is -0.463. The van der Waals surface area contributed by atoms with Crippen molar-refractivity contribution in [1.29, 1.82) is 0 Å². The Kier molecular flexibility index (Phi) is 4.53. The lowest BCUT2D eigenvalue weighted by Gasteiger charge is -2.12. The third-order valence-corrected chi connectivity index (χ3v) is 4.05. The first-order valence-corrected chi connectivity index (χ1v) is 8.06. The SMILES string of the molecule is Cc1cc(C)n(-c2ccccc2NC(=O)c2ccc([N+](=O)[O-])c(C)c2)n1. The highest BCUT2D eigenvalue weighted by Gasteiger charge is 2.16. The molecule has 0 spiro atoms. The second-order valence-electron chi connectivity index (χ2n) is 6.07. The van der Waals surface area contributed by atoms with Gasteiger partial charge in [0.15, 0.2) is 0 Å². The Bertz CT molecular complexity index is 1010. The molecule has 1 amide bonds. The van der Waals surface area contributed by atoms with E-state index in [1.165, 1.54) is 18.2 Å². The van der Waals surface area contributed by atoms with Crippen LogP contribution in [-0.2, 0) is 0 Å². The molecule has 2 aromatic carbocycles. The molecule has 1 N–H and O–H groups in total. The van der Waals surface area contributed by atoms with Gasteiger partial charge in [-0.15, -0.1) is 0 Å². The van der Waals surface area contributed by atoms with Gasteiger partial charge in [-0.1, -0.05) is 12.1 Å². The predicted octanol–water partition coefficient (Wildman–Crippen LogP) is 3.96. The largest absolute Gasteiger partial charge is 0.320 e. The van der Waals surface area contributed by atoms with Crippen molar-refractivity contribution in [3.63, 3.8) is 0 Å². The Hall–Kier alpha value is -3.48. The molecule has 0 radical (unpaired) electrons. The van der Waals surface area contributed by atoms with Gasteiger partial charge in [-0.25, -0.2) is 4.68 Å². The molecule has 0 fully saturated rings. The molecular formula is C19H18N4O3. The standard InChI is InChI=1S/C19H18N4O3/c1-12-10-15(8-9-17(12)23(25)26)19(24)20-16-6-4-5-7-18(16)22-14(3)11-13(2)21-22/h4-11H,1-3H3,(H,20,24). The molecule has 0 bridgehead atoms. The summed E-state index contributed by atoms with van der Waals surface area (Å²) >= 11 is 0. The fourth-order valence-electron chi connectivity index (χ4n) is 2.83. The smallest absolute Gasteiger partial charge is 0.272 e. The Morgan fingerprint density at radius 2 is 1.85 bits per heavy atom. The molecule has 0 saturated carbocycles. The van der Waals surface area contributed by atoms with Crippen LogP contribution in [0.25, 0.3) is 5.69 Å². The molecule has 132 valence electrons. The van der Waals surface area contributed by atoms with Gasteiger partial charge >= 0.3 is 0 Å². The molecule has 0 atom stereocenters. The second-order valence-corrected chi connectivity index (χ2v) is 6.07. The number of amides is 1. The minimum absolute atomic E-state index is 0.00964. The van der Waals surface area contributed by atoms with Crippen LogP contribution in [0.5, 0.6) is 0 Å². The van der Waals surface area contributed by atoms with Gasteiger partial charge in [0.25, 0.3) is 11.6 Å². The molecule has 7 heteroatoms. The number of nitrogens with zero attached hydrogens (tertiary/aromatic N) is 3. The number of hydrogen-bond acceptors (Lipinski definition) is 4. The maximum atomic E-state index is 12.6. The van der Waals surface area contributed by atoms with E-state index in [9.17, 15) is 14.9 Å².